The number of hydrogen-bond acceptors (Lipinski definition) is 5. The lowest BCUT2D eigenvalue weighted by atomic mass is 9.80. The Kier molecular flexibility index (Phi) is 6.22. The molecule has 4 rings (SSSR count). The van der Waals surface area contributed by atoms with E-state index in [-0.39, 0.29) is 44.1 Å². The van der Waals surface area contributed by atoms with Crippen molar-refractivity contribution in [2.45, 2.75) is 38.1 Å². The maximum atomic E-state index is 15.9. The van der Waals surface area contributed by atoms with Crippen LogP contribution in [0.4, 0.5) is 4.39 Å². The first kappa shape index (κ1) is 21.9. The zero-order valence-corrected chi connectivity index (χ0v) is 17.9. The Bertz CT molecular complexity index is 1130. The van der Waals surface area contributed by atoms with Crippen molar-refractivity contribution < 1.29 is 19.0 Å². The molecule has 0 spiro atoms. The van der Waals surface area contributed by atoms with Gasteiger partial charge in [0, 0.05) is 12.0 Å². The molecule has 2 aliphatic rings. The maximum Gasteiger partial charge on any atom is 0.338 e. The Hall–Kier alpha value is -3.27. The van der Waals surface area contributed by atoms with Crippen LogP contribution in [0.5, 0.6) is 0 Å². The van der Waals surface area contributed by atoms with E-state index in [1.165, 1.54) is 0 Å². The van der Waals surface area contributed by atoms with E-state index in [0.29, 0.717) is 5.56 Å². The molecule has 32 heavy (non-hydrogen) atoms. The van der Waals surface area contributed by atoms with Crippen LogP contribution in [0.15, 0.2) is 60.2 Å². The number of nitrogens with one attached hydrogen (secondary N) is 1. The van der Waals surface area contributed by atoms with E-state index < -0.39 is 11.7 Å². The summed E-state index contributed by atoms with van der Waals surface area (Å²) in [5, 5.41) is 22.7. The normalized spacial score (nSPS) is 20.6. The Balaban J connectivity index is 1.47. The largest absolute Gasteiger partial charge is 0.457 e. The fourth-order valence-electron chi connectivity index (χ4n) is 4.46. The number of ether oxygens (including phenoxy) is 1. The molecule has 1 heterocycles. The SMILES string of the molecule is Cc1c(C(CO)NCCC2(F)CC(c3ccccc3)=CC=C2C#N)ccc2c1COC2=O. The number of alkyl halides is 1. The van der Waals surface area contributed by atoms with Crippen LogP contribution >= 0.6 is 0 Å². The van der Waals surface area contributed by atoms with Gasteiger partial charge in [0.25, 0.3) is 0 Å². The number of aliphatic hydroxyl groups is 1. The summed E-state index contributed by atoms with van der Waals surface area (Å²) in [7, 11) is 0. The monoisotopic (exact) mass is 432 g/mol. The van der Waals surface area contributed by atoms with Crippen molar-refractivity contribution >= 4 is 11.5 Å². The van der Waals surface area contributed by atoms with Crippen molar-refractivity contribution in [3.05, 3.63) is 88.0 Å². The summed E-state index contributed by atoms with van der Waals surface area (Å²) in [6.45, 7) is 2.22. The molecular formula is C26H25FN2O3. The highest BCUT2D eigenvalue weighted by atomic mass is 19.1. The number of carbonyl (C=O) groups excluding carboxylic acids is 1. The number of benzene rings is 2. The first-order chi connectivity index (χ1) is 15.5. The number of allylic oxidation sites excluding steroid dienone is 4. The predicted octanol–water partition coefficient (Wildman–Crippen LogP) is 4.32. The minimum atomic E-state index is -1.78. The maximum absolute atomic E-state index is 15.9. The molecule has 5 nitrogen and oxygen atoms in total. The van der Waals surface area contributed by atoms with Crippen LogP contribution in [0, 0.1) is 18.3 Å². The van der Waals surface area contributed by atoms with Gasteiger partial charge < -0.3 is 15.2 Å². The number of halogens is 1. The van der Waals surface area contributed by atoms with Gasteiger partial charge in [-0.2, -0.15) is 5.26 Å². The summed E-state index contributed by atoms with van der Waals surface area (Å²) in [6.07, 6.45) is 3.60. The van der Waals surface area contributed by atoms with Gasteiger partial charge in [0.2, 0.25) is 0 Å². The number of rotatable bonds is 7. The molecule has 1 aliphatic carbocycles. The van der Waals surface area contributed by atoms with Crippen LogP contribution in [0.3, 0.4) is 0 Å². The number of nitriles is 1. The van der Waals surface area contributed by atoms with E-state index in [0.717, 1.165) is 27.8 Å². The van der Waals surface area contributed by atoms with Gasteiger partial charge in [0.1, 0.15) is 6.61 Å². The molecule has 2 N–H and O–H groups in total. The van der Waals surface area contributed by atoms with Gasteiger partial charge in [-0.15, -0.1) is 0 Å². The van der Waals surface area contributed by atoms with Gasteiger partial charge in [0.15, 0.2) is 5.67 Å². The quantitative estimate of drug-likeness (QED) is 0.637. The highest BCUT2D eigenvalue weighted by Gasteiger charge is 2.37. The third-order valence-corrected chi connectivity index (χ3v) is 6.35. The lowest BCUT2D eigenvalue weighted by Gasteiger charge is -2.30. The molecule has 0 radical (unpaired) electrons. The average Bonchev–Trinajstić information content (AvgIpc) is 3.19. The number of nitrogens with zero attached hydrogens (tertiary/aromatic N) is 1. The Morgan fingerprint density at radius 2 is 2.03 bits per heavy atom. The van der Waals surface area contributed by atoms with E-state index in [4.69, 9.17) is 4.74 Å². The summed E-state index contributed by atoms with van der Waals surface area (Å²) in [6, 6.07) is 14.7. The van der Waals surface area contributed by atoms with Gasteiger partial charge in [-0.25, -0.2) is 9.18 Å². The lowest BCUT2D eigenvalue weighted by molar-refractivity contribution is 0.0535. The van der Waals surface area contributed by atoms with Crippen molar-refractivity contribution in [3.63, 3.8) is 0 Å². The molecule has 2 aromatic rings. The highest BCUT2D eigenvalue weighted by molar-refractivity contribution is 5.94. The molecule has 2 atom stereocenters. The van der Waals surface area contributed by atoms with E-state index in [1.807, 2.05) is 49.4 Å². The summed E-state index contributed by atoms with van der Waals surface area (Å²) < 4.78 is 21.0. The second-order valence-electron chi connectivity index (χ2n) is 8.21. The lowest BCUT2D eigenvalue weighted by Crippen LogP contribution is -2.34. The number of cyclic esters (lactones) is 1. The Morgan fingerprint density at radius 1 is 1.25 bits per heavy atom. The molecule has 164 valence electrons. The molecule has 0 saturated carbocycles. The average molecular weight is 432 g/mol. The molecule has 2 aromatic carbocycles. The van der Waals surface area contributed by atoms with Crippen molar-refractivity contribution in [1.29, 1.82) is 5.26 Å². The van der Waals surface area contributed by atoms with Crippen LogP contribution in [0.2, 0.25) is 0 Å². The highest BCUT2D eigenvalue weighted by Crippen LogP contribution is 2.39. The summed E-state index contributed by atoms with van der Waals surface area (Å²) in [5.74, 6) is -0.335. The molecule has 6 heteroatoms. The molecular weight excluding hydrogens is 407 g/mol. The predicted molar refractivity (Wildman–Crippen MR) is 119 cm³/mol. The topological polar surface area (TPSA) is 82.3 Å². The van der Waals surface area contributed by atoms with Gasteiger partial charge in [-0.05, 0) is 54.3 Å². The van der Waals surface area contributed by atoms with E-state index >= 15 is 4.39 Å². The summed E-state index contributed by atoms with van der Waals surface area (Å²) >= 11 is 0. The molecule has 0 fully saturated rings. The van der Waals surface area contributed by atoms with Crippen LogP contribution < -0.4 is 5.32 Å². The van der Waals surface area contributed by atoms with Crippen LogP contribution in [-0.2, 0) is 11.3 Å². The third-order valence-electron chi connectivity index (χ3n) is 6.35. The van der Waals surface area contributed by atoms with Gasteiger partial charge in [-0.3, -0.25) is 0 Å². The van der Waals surface area contributed by atoms with Crippen LogP contribution in [-0.4, -0.2) is 29.9 Å². The standard InChI is InChI=1S/C26H25FN2O3/c1-17-21(9-10-22-23(17)16-32-25(22)31)24(15-30)29-12-11-26(27)13-19(7-8-20(26)14-28)18-5-3-2-4-6-18/h2-10,24,29-30H,11-13,15-16H2,1H3. The first-order valence-electron chi connectivity index (χ1n) is 10.7. The summed E-state index contributed by atoms with van der Waals surface area (Å²) in [4.78, 5) is 11.8. The summed E-state index contributed by atoms with van der Waals surface area (Å²) in [5.41, 5.74) is 3.24. The zero-order chi connectivity index (χ0) is 22.7. The second kappa shape index (κ2) is 9.07. The number of esters is 1. The Labute approximate surface area is 186 Å². The van der Waals surface area contributed by atoms with Gasteiger partial charge in [-0.1, -0.05) is 42.5 Å². The van der Waals surface area contributed by atoms with Crippen molar-refractivity contribution in [2.24, 2.45) is 0 Å². The van der Waals surface area contributed by atoms with Crippen molar-refractivity contribution in [1.82, 2.24) is 5.32 Å². The molecule has 0 amide bonds. The Morgan fingerprint density at radius 3 is 2.75 bits per heavy atom. The van der Waals surface area contributed by atoms with E-state index in [9.17, 15) is 15.2 Å². The van der Waals surface area contributed by atoms with E-state index in [2.05, 4.69) is 5.32 Å². The second-order valence-corrected chi connectivity index (χ2v) is 8.21. The first-order valence-corrected chi connectivity index (χ1v) is 10.7. The van der Waals surface area contributed by atoms with Gasteiger partial charge >= 0.3 is 5.97 Å². The molecule has 0 aromatic heterocycles. The zero-order valence-electron chi connectivity index (χ0n) is 17.9. The molecule has 0 saturated heterocycles. The van der Waals surface area contributed by atoms with Crippen LogP contribution in [0.1, 0.15) is 51.5 Å². The van der Waals surface area contributed by atoms with Crippen molar-refractivity contribution in [2.75, 3.05) is 13.2 Å². The smallest absolute Gasteiger partial charge is 0.338 e. The number of carbonyl (C=O) groups is 1. The number of hydrogen-bond donors (Lipinski definition) is 2. The number of aliphatic hydroxyl groups excluding tert-OH is 1. The minimum absolute atomic E-state index is 0.0959. The fourth-order valence-corrected chi connectivity index (χ4v) is 4.46. The third kappa shape index (κ3) is 4.10. The van der Waals surface area contributed by atoms with Crippen molar-refractivity contribution in [3.8, 4) is 6.07 Å². The molecule has 0 bridgehead atoms. The van der Waals surface area contributed by atoms with E-state index in [1.54, 1.807) is 18.2 Å². The molecule has 1 aliphatic heterocycles. The number of fused-ring (bicyclic) bond motifs is 1. The van der Waals surface area contributed by atoms with Crippen LogP contribution in [0.25, 0.3) is 5.57 Å². The molecule has 2 unspecified atom stereocenters. The minimum Gasteiger partial charge on any atom is -0.457 e. The fraction of sp³-hybridized carbons (Fsp3) is 0.308. The van der Waals surface area contributed by atoms with Gasteiger partial charge in [0.05, 0.1) is 29.9 Å².